The Morgan fingerprint density at radius 2 is 2.15 bits per heavy atom. The summed E-state index contributed by atoms with van der Waals surface area (Å²) in [5.74, 6) is -0.644. The summed E-state index contributed by atoms with van der Waals surface area (Å²) in [6.45, 7) is 4.91. The highest BCUT2D eigenvalue weighted by atomic mass is 16.5. The number of nitrogens with two attached hydrogens (primary N) is 1. The molecule has 0 aromatic carbocycles. The first-order valence-electron chi connectivity index (χ1n) is 6.99. The molecule has 20 heavy (non-hydrogen) atoms. The molecule has 0 atom stereocenters. The van der Waals surface area contributed by atoms with Crippen LogP contribution in [-0.4, -0.2) is 40.5 Å². The molecule has 1 aromatic heterocycles. The third kappa shape index (κ3) is 3.12. The number of aromatic nitrogens is 1. The van der Waals surface area contributed by atoms with Gasteiger partial charge >= 0.3 is 5.97 Å². The molecule has 1 fully saturated rings. The van der Waals surface area contributed by atoms with Crippen molar-refractivity contribution in [2.45, 2.75) is 39.3 Å². The summed E-state index contributed by atoms with van der Waals surface area (Å²) in [7, 11) is 0. The van der Waals surface area contributed by atoms with Crippen LogP contribution in [0, 0.1) is 0 Å². The van der Waals surface area contributed by atoms with Crippen molar-refractivity contribution in [3.8, 4) is 0 Å². The quantitative estimate of drug-likeness (QED) is 0.795. The van der Waals surface area contributed by atoms with Gasteiger partial charge in [-0.1, -0.05) is 0 Å². The average molecular weight is 279 g/mol. The number of hydrogen-bond donors (Lipinski definition) is 1. The number of nitrogen functional groups attached to an aromatic ring is 1. The molecule has 110 valence electrons. The zero-order valence-electron chi connectivity index (χ0n) is 12.0. The van der Waals surface area contributed by atoms with Crippen molar-refractivity contribution in [2.24, 2.45) is 0 Å². The van der Waals surface area contributed by atoms with Crippen LogP contribution in [0.25, 0.3) is 0 Å². The van der Waals surface area contributed by atoms with Gasteiger partial charge in [-0.2, -0.15) is 0 Å². The molecule has 2 rings (SSSR count). The minimum absolute atomic E-state index is 0.133. The van der Waals surface area contributed by atoms with Crippen molar-refractivity contribution >= 4 is 17.6 Å². The summed E-state index contributed by atoms with van der Waals surface area (Å²) >= 11 is 0. The number of hydrogen-bond acceptors (Lipinski definition) is 4. The van der Waals surface area contributed by atoms with Crippen molar-refractivity contribution in [1.82, 2.24) is 9.47 Å². The van der Waals surface area contributed by atoms with Crippen LogP contribution in [0.2, 0.25) is 0 Å². The lowest BCUT2D eigenvalue weighted by Crippen LogP contribution is -2.36. The predicted molar refractivity (Wildman–Crippen MR) is 75.2 cm³/mol. The zero-order valence-corrected chi connectivity index (χ0v) is 12.0. The van der Waals surface area contributed by atoms with E-state index in [-0.39, 0.29) is 12.5 Å². The largest absolute Gasteiger partial charge is 0.451 e. The SMILES string of the molecule is CCN(C(=O)COC(=O)c1cc(N)cn1CC)C1CC1. The molecule has 0 spiro atoms. The van der Waals surface area contributed by atoms with Crippen LogP contribution in [0.1, 0.15) is 37.2 Å². The van der Waals surface area contributed by atoms with Gasteiger partial charge in [0.15, 0.2) is 6.61 Å². The Hall–Kier alpha value is -1.98. The molecule has 1 aliphatic rings. The van der Waals surface area contributed by atoms with Crippen LogP contribution in [0.3, 0.4) is 0 Å². The Morgan fingerprint density at radius 3 is 2.70 bits per heavy atom. The molecule has 1 aromatic rings. The van der Waals surface area contributed by atoms with Crippen molar-refractivity contribution < 1.29 is 14.3 Å². The first-order valence-corrected chi connectivity index (χ1v) is 6.99. The van der Waals surface area contributed by atoms with E-state index in [9.17, 15) is 9.59 Å². The van der Waals surface area contributed by atoms with Crippen LogP contribution in [0.15, 0.2) is 12.3 Å². The van der Waals surface area contributed by atoms with E-state index >= 15 is 0 Å². The van der Waals surface area contributed by atoms with E-state index in [2.05, 4.69) is 0 Å². The molecule has 2 N–H and O–H groups in total. The van der Waals surface area contributed by atoms with Crippen LogP contribution >= 0.6 is 0 Å². The molecule has 0 unspecified atom stereocenters. The summed E-state index contributed by atoms with van der Waals surface area (Å²) < 4.78 is 6.81. The monoisotopic (exact) mass is 279 g/mol. The molecule has 0 radical (unpaired) electrons. The maximum absolute atomic E-state index is 12.0. The lowest BCUT2D eigenvalue weighted by molar-refractivity contribution is -0.134. The highest BCUT2D eigenvalue weighted by Crippen LogP contribution is 2.26. The van der Waals surface area contributed by atoms with E-state index in [4.69, 9.17) is 10.5 Å². The average Bonchev–Trinajstić information content (AvgIpc) is 3.18. The first-order chi connectivity index (χ1) is 9.56. The summed E-state index contributed by atoms with van der Waals surface area (Å²) in [6, 6.07) is 1.90. The highest BCUT2D eigenvalue weighted by Gasteiger charge is 2.31. The summed E-state index contributed by atoms with van der Waals surface area (Å²) in [5.41, 5.74) is 6.56. The van der Waals surface area contributed by atoms with E-state index in [1.54, 1.807) is 21.7 Å². The number of esters is 1. The fourth-order valence-electron chi connectivity index (χ4n) is 2.27. The van der Waals surface area contributed by atoms with Crippen molar-refractivity contribution in [3.63, 3.8) is 0 Å². The standard InChI is InChI=1S/C14H21N3O3/c1-3-16-8-10(15)7-12(16)14(19)20-9-13(18)17(4-2)11-5-6-11/h7-8,11H,3-6,9,15H2,1-2H3. The molecule has 0 bridgehead atoms. The van der Waals surface area contributed by atoms with Crippen molar-refractivity contribution in [3.05, 3.63) is 18.0 Å². The van der Waals surface area contributed by atoms with Gasteiger partial charge in [-0.3, -0.25) is 4.79 Å². The van der Waals surface area contributed by atoms with Crippen LogP contribution in [0.5, 0.6) is 0 Å². The molecule has 1 amide bonds. The number of likely N-dealkylation sites (N-methyl/N-ethyl adjacent to an activating group) is 1. The first kappa shape index (κ1) is 14.4. The minimum atomic E-state index is -0.510. The van der Waals surface area contributed by atoms with E-state index in [1.807, 2.05) is 13.8 Å². The van der Waals surface area contributed by atoms with Gasteiger partial charge in [0.25, 0.3) is 5.91 Å². The van der Waals surface area contributed by atoms with Gasteiger partial charge in [0.2, 0.25) is 0 Å². The van der Waals surface area contributed by atoms with Gasteiger partial charge in [0.05, 0.1) is 5.69 Å². The Kier molecular flexibility index (Phi) is 4.32. The molecule has 0 aliphatic heterocycles. The molecular weight excluding hydrogens is 258 g/mol. The third-order valence-electron chi connectivity index (χ3n) is 3.44. The van der Waals surface area contributed by atoms with Gasteiger partial charge in [-0.05, 0) is 32.8 Å². The molecular formula is C14H21N3O3. The lowest BCUT2D eigenvalue weighted by Gasteiger charge is -2.20. The molecule has 1 heterocycles. The smallest absolute Gasteiger partial charge is 0.355 e. The fourth-order valence-corrected chi connectivity index (χ4v) is 2.27. The van der Waals surface area contributed by atoms with Crippen LogP contribution < -0.4 is 5.73 Å². The number of rotatable bonds is 6. The van der Waals surface area contributed by atoms with Crippen LogP contribution in [0.4, 0.5) is 5.69 Å². The highest BCUT2D eigenvalue weighted by molar-refractivity contribution is 5.91. The second-order valence-corrected chi connectivity index (χ2v) is 4.93. The fraction of sp³-hybridized carbons (Fsp3) is 0.571. The lowest BCUT2D eigenvalue weighted by atomic mass is 10.4. The number of carbonyl (C=O) groups excluding carboxylic acids is 2. The Bertz CT molecular complexity index is 506. The summed E-state index contributed by atoms with van der Waals surface area (Å²) in [6.07, 6.45) is 3.77. The predicted octanol–water partition coefficient (Wildman–Crippen LogP) is 1.26. The van der Waals surface area contributed by atoms with Gasteiger partial charge < -0.3 is 19.9 Å². The molecule has 6 nitrogen and oxygen atoms in total. The molecule has 1 aliphatic carbocycles. The molecule has 1 saturated carbocycles. The Balaban J connectivity index is 1.92. The number of ether oxygens (including phenoxy) is 1. The number of nitrogens with zero attached hydrogens (tertiary/aromatic N) is 2. The summed E-state index contributed by atoms with van der Waals surface area (Å²) in [4.78, 5) is 25.7. The van der Waals surface area contributed by atoms with E-state index in [1.165, 1.54) is 0 Å². The molecule has 0 saturated heterocycles. The van der Waals surface area contributed by atoms with E-state index in [0.717, 1.165) is 12.8 Å². The Labute approximate surface area is 118 Å². The van der Waals surface area contributed by atoms with Gasteiger partial charge in [-0.15, -0.1) is 0 Å². The third-order valence-corrected chi connectivity index (χ3v) is 3.44. The zero-order chi connectivity index (χ0) is 14.7. The topological polar surface area (TPSA) is 77.6 Å². The maximum Gasteiger partial charge on any atom is 0.355 e. The van der Waals surface area contributed by atoms with Gasteiger partial charge in [0.1, 0.15) is 5.69 Å². The van der Waals surface area contributed by atoms with Gasteiger partial charge in [0, 0.05) is 25.3 Å². The number of amides is 1. The van der Waals surface area contributed by atoms with Crippen molar-refractivity contribution in [1.29, 1.82) is 0 Å². The summed E-state index contributed by atoms with van der Waals surface area (Å²) in [5, 5.41) is 0. The number of anilines is 1. The normalized spacial score (nSPS) is 14.1. The van der Waals surface area contributed by atoms with E-state index < -0.39 is 5.97 Å². The van der Waals surface area contributed by atoms with Crippen LogP contribution in [-0.2, 0) is 16.1 Å². The second kappa shape index (κ2) is 5.98. The maximum atomic E-state index is 12.0. The number of aryl methyl sites for hydroxylation is 1. The molecule has 6 heteroatoms. The van der Waals surface area contributed by atoms with Crippen molar-refractivity contribution in [2.75, 3.05) is 18.9 Å². The minimum Gasteiger partial charge on any atom is -0.451 e. The number of carbonyl (C=O) groups is 2. The Morgan fingerprint density at radius 1 is 1.45 bits per heavy atom. The second-order valence-electron chi connectivity index (χ2n) is 4.93. The van der Waals surface area contributed by atoms with E-state index in [0.29, 0.717) is 30.5 Å². The van der Waals surface area contributed by atoms with Gasteiger partial charge in [-0.25, -0.2) is 4.79 Å².